The highest BCUT2D eigenvalue weighted by atomic mass is 16.1. The summed E-state index contributed by atoms with van der Waals surface area (Å²) in [6, 6.07) is 16.6. The van der Waals surface area contributed by atoms with Gasteiger partial charge in [-0.15, -0.1) is 0 Å². The minimum absolute atomic E-state index is 0.00474. The van der Waals surface area contributed by atoms with Crippen LogP contribution in [0.15, 0.2) is 48.5 Å². The largest absolute Gasteiger partial charge is 0.346 e. The third-order valence-electron chi connectivity index (χ3n) is 5.29. The third kappa shape index (κ3) is 5.67. The Morgan fingerprint density at radius 3 is 2.11 bits per heavy atom. The molecule has 0 unspecified atom stereocenters. The molecule has 0 spiro atoms. The van der Waals surface area contributed by atoms with Crippen molar-refractivity contribution < 1.29 is 4.79 Å². The topological polar surface area (TPSA) is 32.3 Å². The normalized spacial score (nSPS) is 15.9. The Kier molecular flexibility index (Phi) is 6.68. The predicted molar refractivity (Wildman–Crippen MR) is 112 cm³/mol. The van der Waals surface area contributed by atoms with Gasteiger partial charge in [-0.2, -0.15) is 0 Å². The van der Waals surface area contributed by atoms with Crippen LogP contribution >= 0.6 is 0 Å². The quantitative estimate of drug-likeness (QED) is 0.752. The fourth-order valence-electron chi connectivity index (χ4n) is 3.74. The van der Waals surface area contributed by atoms with Crippen LogP contribution in [0, 0.1) is 5.92 Å². The van der Waals surface area contributed by atoms with Crippen molar-refractivity contribution >= 4 is 5.91 Å². The molecule has 1 aliphatic rings. The number of nitrogens with zero attached hydrogens (tertiary/aromatic N) is 1. The van der Waals surface area contributed by atoms with Gasteiger partial charge in [-0.05, 0) is 74.0 Å². The maximum absolute atomic E-state index is 12.6. The molecule has 144 valence electrons. The van der Waals surface area contributed by atoms with Crippen LogP contribution in [0.4, 0.5) is 0 Å². The van der Waals surface area contributed by atoms with Crippen molar-refractivity contribution in [3.63, 3.8) is 0 Å². The molecule has 1 atom stereocenters. The molecule has 1 N–H and O–H groups in total. The predicted octanol–water partition coefficient (Wildman–Crippen LogP) is 4.97. The van der Waals surface area contributed by atoms with Crippen LogP contribution in [-0.4, -0.2) is 23.9 Å². The van der Waals surface area contributed by atoms with Crippen LogP contribution in [-0.2, 0) is 13.0 Å². The summed E-state index contributed by atoms with van der Waals surface area (Å²) in [5.41, 5.74) is 4.49. The second kappa shape index (κ2) is 9.18. The van der Waals surface area contributed by atoms with Gasteiger partial charge in [-0.3, -0.25) is 9.69 Å². The van der Waals surface area contributed by atoms with Gasteiger partial charge in [-0.25, -0.2) is 0 Å². The number of amides is 1. The number of nitrogens with one attached hydrogen (secondary N) is 1. The molecule has 2 aromatic carbocycles. The first-order valence-electron chi connectivity index (χ1n) is 10.2. The van der Waals surface area contributed by atoms with Gasteiger partial charge in [0, 0.05) is 12.1 Å². The molecular weight excluding hydrogens is 332 g/mol. The van der Waals surface area contributed by atoms with E-state index in [1.54, 1.807) is 0 Å². The first kappa shape index (κ1) is 19.6. The monoisotopic (exact) mass is 364 g/mol. The molecule has 0 aromatic heterocycles. The number of hydrogen-bond acceptors (Lipinski definition) is 2. The summed E-state index contributed by atoms with van der Waals surface area (Å²) in [6.07, 6.45) is 3.69. The molecule has 0 bridgehead atoms. The van der Waals surface area contributed by atoms with Crippen molar-refractivity contribution in [1.29, 1.82) is 0 Å². The van der Waals surface area contributed by atoms with Gasteiger partial charge in [-0.1, -0.05) is 50.2 Å². The van der Waals surface area contributed by atoms with E-state index in [1.165, 1.54) is 37.1 Å². The second-order valence-electron chi connectivity index (χ2n) is 8.21. The zero-order valence-electron chi connectivity index (χ0n) is 16.9. The Labute approximate surface area is 163 Å². The fraction of sp³-hybridized carbons (Fsp3) is 0.458. The highest BCUT2D eigenvalue weighted by Gasteiger charge is 2.14. The average molecular weight is 365 g/mol. The van der Waals surface area contributed by atoms with E-state index in [4.69, 9.17) is 0 Å². The zero-order valence-corrected chi connectivity index (χ0v) is 16.9. The highest BCUT2D eigenvalue weighted by molar-refractivity contribution is 5.94. The van der Waals surface area contributed by atoms with Gasteiger partial charge in [0.2, 0.25) is 0 Å². The van der Waals surface area contributed by atoms with E-state index in [-0.39, 0.29) is 11.9 Å². The van der Waals surface area contributed by atoms with Crippen molar-refractivity contribution in [1.82, 2.24) is 10.2 Å². The van der Waals surface area contributed by atoms with Crippen molar-refractivity contribution in [3.8, 4) is 0 Å². The lowest BCUT2D eigenvalue weighted by atomic mass is 10.00. The molecule has 1 saturated heterocycles. The van der Waals surface area contributed by atoms with E-state index in [0.29, 0.717) is 5.92 Å². The summed E-state index contributed by atoms with van der Waals surface area (Å²) >= 11 is 0. The summed E-state index contributed by atoms with van der Waals surface area (Å²) in [7, 11) is 0. The molecule has 1 heterocycles. The van der Waals surface area contributed by atoms with E-state index in [0.717, 1.165) is 24.1 Å². The summed E-state index contributed by atoms with van der Waals surface area (Å²) in [6.45, 7) is 9.86. The Bertz CT molecular complexity index is 728. The van der Waals surface area contributed by atoms with E-state index in [2.05, 4.69) is 60.5 Å². The summed E-state index contributed by atoms with van der Waals surface area (Å²) in [5.74, 6) is 0.642. The SMILES string of the molecule is CC(C)Cc1ccc([C@@H](C)NC(=O)c2ccc(CN3CCCC3)cc2)cc1. The molecular formula is C24H32N2O. The maximum atomic E-state index is 12.6. The number of carbonyl (C=O) groups is 1. The van der Waals surface area contributed by atoms with Gasteiger partial charge in [0.15, 0.2) is 0 Å². The first-order chi connectivity index (χ1) is 13.0. The van der Waals surface area contributed by atoms with Crippen LogP contribution in [0.3, 0.4) is 0 Å². The molecule has 0 saturated carbocycles. The fourth-order valence-corrected chi connectivity index (χ4v) is 3.74. The van der Waals surface area contributed by atoms with Crippen LogP contribution in [0.1, 0.15) is 66.7 Å². The van der Waals surface area contributed by atoms with Gasteiger partial charge in [0.05, 0.1) is 6.04 Å². The van der Waals surface area contributed by atoms with Crippen molar-refractivity contribution in [2.24, 2.45) is 5.92 Å². The molecule has 3 rings (SSSR count). The molecule has 0 aliphatic carbocycles. The molecule has 2 aromatic rings. The number of likely N-dealkylation sites (tertiary alicyclic amines) is 1. The lowest BCUT2D eigenvalue weighted by molar-refractivity contribution is 0.0940. The summed E-state index contributed by atoms with van der Waals surface area (Å²) in [4.78, 5) is 15.0. The van der Waals surface area contributed by atoms with Gasteiger partial charge in [0.25, 0.3) is 5.91 Å². The van der Waals surface area contributed by atoms with Gasteiger partial charge in [0.1, 0.15) is 0 Å². The molecule has 1 aliphatic heterocycles. The van der Waals surface area contributed by atoms with Gasteiger partial charge >= 0.3 is 0 Å². The van der Waals surface area contributed by atoms with E-state index in [9.17, 15) is 4.79 Å². The summed E-state index contributed by atoms with van der Waals surface area (Å²) < 4.78 is 0. The Morgan fingerprint density at radius 1 is 0.926 bits per heavy atom. The molecule has 0 radical (unpaired) electrons. The van der Waals surface area contributed by atoms with Crippen molar-refractivity contribution in [2.45, 2.75) is 52.6 Å². The highest BCUT2D eigenvalue weighted by Crippen LogP contribution is 2.17. The lowest BCUT2D eigenvalue weighted by Gasteiger charge is -2.16. The Balaban J connectivity index is 1.55. The molecule has 1 amide bonds. The van der Waals surface area contributed by atoms with Crippen LogP contribution in [0.25, 0.3) is 0 Å². The standard InChI is InChI=1S/C24H32N2O/c1-18(2)16-20-6-10-22(11-7-20)19(3)25-24(27)23-12-8-21(9-13-23)17-26-14-4-5-15-26/h6-13,18-19H,4-5,14-17H2,1-3H3,(H,25,27)/t19-/m1/s1. The third-order valence-corrected chi connectivity index (χ3v) is 5.29. The van der Waals surface area contributed by atoms with Crippen molar-refractivity contribution in [3.05, 3.63) is 70.8 Å². The number of rotatable bonds is 7. The zero-order chi connectivity index (χ0) is 19.2. The second-order valence-corrected chi connectivity index (χ2v) is 8.21. The number of carbonyl (C=O) groups excluding carboxylic acids is 1. The average Bonchev–Trinajstić information content (AvgIpc) is 3.15. The van der Waals surface area contributed by atoms with E-state index in [1.807, 2.05) is 19.1 Å². The molecule has 27 heavy (non-hydrogen) atoms. The van der Waals surface area contributed by atoms with Crippen molar-refractivity contribution in [2.75, 3.05) is 13.1 Å². The van der Waals surface area contributed by atoms with Crippen LogP contribution < -0.4 is 5.32 Å². The molecule has 3 heteroatoms. The van der Waals surface area contributed by atoms with E-state index < -0.39 is 0 Å². The van der Waals surface area contributed by atoms with E-state index >= 15 is 0 Å². The minimum atomic E-state index is -0.0125. The van der Waals surface area contributed by atoms with Crippen LogP contribution in [0.2, 0.25) is 0 Å². The smallest absolute Gasteiger partial charge is 0.251 e. The lowest BCUT2D eigenvalue weighted by Crippen LogP contribution is -2.26. The molecule has 3 nitrogen and oxygen atoms in total. The molecule has 1 fully saturated rings. The minimum Gasteiger partial charge on any atom is -0.346 e. The summed E-state index contributed by atoms with van der Waals surface area (Å²) in [5, 5.41) is 3.12. The van der Waals surface area contributed by atoms with Crippen LogP contribution in [0.5, 0.6) is 0 Å². The number of benzene rings is 2. The Hall–Kier alpha value is -2.13. The first-order valence-corrected chi connectivity index (χ1v) is 10.2. The number of hydrogen-bond donors (Lipinski definition) is 1. The Morgan fingerprint density at radius 2 is 1.52 bits per heavy atom. The van der Waals surface area contributed by atoms with Gasteiger partial charge < -0.3 is 5.32 Å². The maximum Gasteiger partial charge on any atom is 0.251 e.